The van der Waals surface area contributed by atoms with Gasteiger partial charge >= 0.3 is 0 Å². The maximum atomic E-state index is 11.1. The number of benzene rings is 1. The molecule has 3 aromatic rings. The highest BCUT2D eigenvalue weighted by atomic mass is 16.1. The first-order valence-corrected chi connectivity index (χ1v) is 9.12. The van der Waals surface area contributed by atoms with Gasteiger partial charge in [0.15, 0.2) is 0 Å². The van der Waals surface area contributed by atoms with Gasteiger partial charge in [0.05, 0.1) is 5.69 Å². The third-order valence-electron chi connectivity index (χ3n) is 4.85. The zero-order valence-corrected chi connectivity index (χ0v) is 15.5. The number of aromatic nitrogens is 3. The zero-order chi connectivity index (χ0) is 18.5. The SMILES string of the molecule is Cc1n[nH]c(C)c1CCCNCc1cn(CCC(N)=O)c2ccccc12. The molecule has 0 aliphatic rings. The first-order valence-electron chi connectivity index (χ1n) is 9.12. The number of nitrogens with zero attached hydrogens (tertiary/aromatic N) is 2. The highest BCUT2D eigenvalue weighted by Crippen LogP contribution is 2.21. The third-order valence-corrected chi connectivity index (χ3v) is 4.85. The lowest BCUT2D eigenvalue weighted by Gasteiger charge is -2.05. The maximum absolute atomic E-state index is 11.1. The number of carbonyl (C=O) groups is 1. The second-order valence-corrected chi connectivity index (χ2v) is 6.77. The van der Waals surface area contributed by atoms with E-state index in [2.05, 4.69) is 51.4 Å². The van der Waals surface area contributed by atoms with Crippen LogP contribution in [0.25, 0.3) is 10.9 Å². The molecule has 0 spiro atoms. The summed E-state index contributed by atoms with van der Waals surface area (Å²) in [6.07, 6.45) is 4.59. The standard InChI is InChI=1S/C20H27N5O/c1-14-17(15(2)24-23-14)7-5-10-22-12-16-13-25(11-9-20(21)26)19-8-4-3-6-18(16)19/h3-4,6,8,13,22H,5,7,9-12H2,1-2H3,(H2,21,26)(H,23,24). The van der Waals surface area contributed by atoms with Crippen LogP contribution in [0.5, 0.6) is 0 Å². The number of hydrogen-bond acceptors (Lipinski definition) is 3. The Morgan fingerprint density at radius 2 is 2.12 bits per heavy atom. The summed E-state index contributed by atoms with van der Waals surface area (Å²) in [5, 5.41) is 12.1. The van der Waals surface area contributed by atoms with Crippen LogP contribution in [-0.4, -0.2) is 27.2 Å². The Kier molecular flexibility index (Phi) is 5.73. The lowest BCUT2D eigenvalue weighted by atomic mass is 10.1. The van der Waals surface area contributed by atoms with Gasteiger partial charge in [0, 0.05) is 42.3 Å². The average Bonchev–Trinajstić information content (AvgIpc) is 3.14. The topological polar surface area (TPSA) is 88.7 Å². The molecule has 1 amide bonds. The second kappa shape index (κ2) is 8.19. The Morgan fingerprint density at radius 3 is 2.85 bits per heavy atom. The van der Waals surface area contributed by atoms with Gasteiger partial charge in [0.2, 0.25) is 5.91 Å². The van der Waals surface area contributed by atoms with Gasteiger partial charge < -0.3 is 15.6 Å². The highest BCUT2D eigenvalue weighted by molar-refractivity contribution is 5.84. The second-order valence-electron chi connectivity index (χ2n) is 6.77. The first-order chi connectivity index (χ1) is 12.6. The quantitative estimate of drug-likeness (QED) is 0.517. The lowest BCUT2D eigenvalue weighted by Crippen LogP contribution is -2.15. The van der Waals surface area contributed by atoms with Crippen LogP contribution in [0.3, 0.4) is 0 Å². The number of primary amides is 1. The molecule has 0 bridgehead atoms. The van der Waals surface area contributed by atoms with Gasteiger partial charge in [0.1, 0.15) is 0 Å². The van der Waals surface area contributed by atoms with Crippen molar-refractivity contribution in [1.82, 2.24) is 20.1 Å². The van der Waals surface area contributed by atoms with Gasteiger partial charge in [-0.1, -0.05) is 18.2 Å². The Morgan fingerprint density at radius 1 is 1.31 bits per heavy atom. The molecule has 138 valence electrons. The van der Waals surface area contributed by atoms with E-state index in [1.54, 1.807) is 0 Å². The Labute approximate surface area is 153 Å². The van der Waals surface area contributed by atoms with Crippen LogP contribution in [0.4, 0.5) is 0 Å². The summed E-state index contributed by atoms with van der Waals surface area (Å²) in [4.78, 5) is 11.1. The molecule has 2 heterocycles. The number of aryl methyl sites for hydroxylation is 3. The predicted octanol–water partition coefficient (Wildman–Crippen LogP) is 2.58. The van der Waals surface area contributed by atoms with Crippen molar-refractivity contribution in [3.63, 3.8) is 0 Å². The number of para-hydroxylation sites is 1. The van der Waals surface area contributed by atoms with Crippen LogP contribution in [0.2, 0.25) is 0 Å². The monoisotopic (exact) mass is 353 g/mol. The van der Waals surface area contributed by atoms with E-state index in [9.17, 15) is 4.79 Å². The van der Waals surface area contributed by atoms with Crippen molar-refractivity contribution >= 4 is 16.8 Å². The number of nitrogens with two attached hydrogens (primary N) is 1. The fourth-order valence-electron chi connectivity index (χ4n) is 3.43. The van der Waals surface area contributed by atoms with Gasteiger partial charge in [-0.05, 0) is 50.4 Å². The minimum Gasteiger partial charge on any atom is -0.370 e. The van der Waals surface area contributed by atoms with Crippen molar-refractivity contribution in [2.24, 2.45) is 5.73 Å². The summed E-state index contributed by atoms with van der Waals surface area (Å²) in [6, 6.07) is 8.29. The third kappa shape index (κ3) is 4.14. The molecule has 0 radical (unpaired) electrons. The van der Waals surface area contributed by atoms with Crippen molar-refractivity contribution in [3.05, 3.63) is 53.0 Å². The summed E-state index contributed by atoms with van der Waals surface area (Å²) in [7, 11) is 0. The molecule has 4 N–H and O–H groups in total. The number of hydrogen-bond donors (Lipinski definition) is 3. The molecule has 6 heteroatoms. The number of fused-ring (bicyclic) bond motifs is 1. The smallest absolute Gasteiger partial charge is 0.219 e. The fourth-order valence-corrected chi connectivity index (χ4v) is 3.43. The van der Waals surface area contributed by atoms with Crippen LogP contribution in [0, 0.1) is 13.8 Å². The van der Waals surface area contributed by atoms with Crippen LogP contribution in [-0.2, 0) is 24.3 Å². The Balaban J connectivity index is 1.57. The largest absolute Gasteiger partial charge is 0.370 e. The van der Waals surface area contributed by atoms with Crippen LogP contribution in [0.1, 0.15) is 35.4 Å². The van der Waals surface area contributed by atoms with E-state index in [4.69, 9.17) is 5.73 Å². The maximum Gasteiger partial charge on any atom is 0.219 e. The lowest BCUT2D eigenvalue weighted by molar-refractivity contribution is -0.118. The number of aromatic amines is 1. The van der Waals surface area contributed by atoms with E-state index in [1.165, 1.54) is 22.2 Å². The Bertz CT molecular complexity index is 873. The molecule has 0 saturated heterocycles. The molecule has 6 nitrogen and oxygen atoms in total. The number of H-pyrrole nitrogens is 1. The van der Waals surface area contributed by atoms with E-state index in [-0.39, 0.29) is 5.91 Å². The summed E-state index contributed by atoms with van der Waals surface area (Å²) < 4.78 is 2.12. The summed E-state index contributed by atoms with van der Waals surface area (Å²) in [5.74, 6) is -0.271. The molecule has 2 aromatic heterocycles. The van der Waals surface area contributed by atoms with Crippen molar-refractivity contribution in [2.45, 2.75) is 46.2 Å². The van der Waals surface area contributed by atoms with E-state index in [1.807, 2.05) is 13.0 Å². The Hall–Kier alpha value is -2.60. The van der Waals surface area contributed by atoms with Gasteiger partial charge in [-0.25, -0.2) is 0 Å². The van der Waals surface area contributed by atoms with Crippen LogP contribution >= 0.6 is 0 Å². The van der Waals surface area contributed by atoms with Crippen molar-refractivity contribution in [1.29, 1.82) is 0 Å². The average molecular weight is 353 g/mol. The molecule has 1 aromatic carbocycles. The molecule has 26 heavy (non-hydrogen) atoms. The number of rotatable bonds is 9. The summed E-state index contributed by atoms with van der Waals surface area (Å²) >= 11 is 0. The van der Waals surface area contributed by atoms with E-state index in [0.717, 1.165) is 37.1 Å². The van der Waals surface area contributed by atoms with E-state index >= 15 is 0 Å². The number of carbonyl (C=O) groups excluding carboxylic acids is 1. The normalized spacial score (nSPS) is 11.3. The molecule has 0 unspecified atom stereocenters. The minimum atomic E-state index is -0.271. The molecule has 3 rings (SSSR count). The summed E-state index contributed by atoms with van der Waals surface area (Å²) in [5.41, 5.74) is 11.3. The first kappa shape index (κ1) is 18.2. The summed E-state index contributed by atoms with van der Waals surface area (Å²) in [6.45, 7) is 6.50. The van der Waals surface area contributed by atoms with Crippen molar-refractivity contribution in [2.75, 3.05) is 6.54 Å². The predicted molar refractivity (Wildman–Crippen MR) is 104 cm³/mol. The molecule has 0 saturated carbocycles. The van der Waals surface area contributed by atoms with Crippen molar-refractivity contribution in [3.8, 4) is 0 Å². The highest BCUT2D eigenvalue weighted by Gasteiger charge is 2.09. The zero-order valence-electron chi connectivity index (χ0n) is 15.5. The fraction of sp³-hybridized carbons (Fsp3) is 0.400. The molecular formula is C20H27N5O. The molecule has 0 aliphatic carbocycles. The molecule has 0 aliphatic heterocycles. The van der Waals surface area contributed by atoms with Crippen LogP contribution < -0.4 is 11.1 Å². The van der Waals surface area contributed by atoms with Crippen molar-refractivity contribution < 1.29 is 4.79 Å². The van der Waals surface area contributed by atoms with Gasteiger partial charge in [0.25, 0.3) is 0 Å². The van der Waals surface area contributed by atoms with Gasteiger partial charge in [-0.2, -0.15) is 5.10 Å². The van der Waals surface area contributed by atoms with E-state index < -0.39 is 0 Å². The molecule has 0 fully saturated rings. The molecular weight excluding hydrogens is 326 g/mol. The van der Waals surface area contributed by atoms with Gasteiger partial charge in [-0.3, -0.25) is 9.89 Å². The number of amides is 1. The molecule has 0 atom stereocenters. The van der Waals surface area contributed by atoms with Gasteiger partial charge in [-0.15, -0.1) is 0 Å². The number of nitrogens with one attached hydrogen (secondary N) is 2. The van der Waals surface area contributed by atoms with E-state index in [0.29, 0.717) is 13.0 Å². The minimum absolute atomic E-state index is 0.271. The van der Waals surface area contributed by atoms with Crippen LogP contribution in [0.15, 0.2) is 30.5 Å².